The summed E-state index contributed by atoms with van der Waals surface area (Å²) in [7, 11) is -1.62. The van der Waals surface area contributed by atoms with Crippen LogP contribution in [0.5, 0.6) is 0 Å². The summed E-state index contributed by atoms with van der Waals surface area (Å²) in [6.07, 6.45) is 2.28. The highest BCUT2D eigenvalue weighted by molar-refractivity contribution is 7.95. The molecular weight excluding hydrogens is 315 g/mol. The van der Waals surface area contributed by atoms with Crippen LogP contribution in [0.3, 0.4) is 0 Å². The standard InChI is InChI=1S/C21H21PS/c23-18-10-17-22(19-11-4-1-5-12-19,20-13-6-2-7-14-20)21-15-8-3-9-16-21/h1-9,11-16H,10,17-18H2/p+1. The molecule has 0 nitrogen and oxygen atoms in total. The van der Waals surface area contributed by atoms with E-state index < -0.39 is 7.26 Å². The molecule has 0 atom stereocenters. The summed E-state index contributed by atoms with van der Waals surface area (Å²) < 4.78 is 0. The highest BCUT2D eigenvalue weighted by atomic mass is 32.1. The molecule has 2 heteroatoms. The molecule has 0 spiro atoms. The molecule has 3 aromatic carbocycles. The van der Waals surface area contributed by atoms with Gasteiger partial charge in [0.05, 0.1) is 6.16 Å². The molecule has 3 aromatic rings. The van der Waals surface area contributed by atoms with Crippen LogP contribution >= 0.6 is 19.9 Å². The van der Waals surface area contributed by atoms with Gasteiger partial charge in [-0.1, -0.05) is 54.6 Å². The van der Waals surface area contributed by atoms with E-state index in [1.807, 2.05) is 0 Å². The van der Waals surface area contributed by atoms with E-state index in [1.165, 1.54) is 15.9 Å². The zero-order valence-electron chi connectivity index (χ0n) is 13.2. The topological polar surface area (TPSA) is 0 Å². The van der Waals surface area contributed by atoms with Crippen LogP contribution in [0.1, 0.15) is 6.42 Å². The minimum Gasteiger partial charge on any atom is -0.179 e. The average molecular weight is 337 g/mol. The van der Waals surface area contributed by atoms with Crippen molar-refractivity contribution < 1.29 is 0 Å². The van der Waals surface area contributed by atoms with Crippen molar-refractivity contribution in [3.63, 3.8) is 0 Å². The second-order valence-corrected chi connectivity index (χ2v) is 9.68. The van der Waals surface area contributed by atoms with Gasteiger partial charge in [-0.3, -0.25) is 0 Å². The smallest absolute Gasteiger partial charge is 0.112 e. The second-order valence-electron chi connectivity index (χ2n) is 5.62. The Hall–Kier alpha value is -1.56. The monoisotopic (exact) mass is 337 g/mol. The lowest BCUT2D eigenvalue weighted by Gasteiger charge is -2.27. The molecule has 3 rings (SSSR count). The fraction of sp³-hybridized carbons (Fsp3) is 0.143. The predicted octanol–water partition coefficient (Wildman–Crippen LogP) is 4.30. The first-order chi connectivity index (χ1) is 11.4. The number of rotatable bonds is 6. The quantitative estimate of drug-likeness (QED) is 0.503. The Morgan fingerprint density at radius 3 is 1.22 bits per heavy atom. The molecule has 23 heavy (non-hydrogen) atoms. The molecule has 0 saturated heterocycles. The Bertz CT molecular complexity index is 614. The van der Waals surface area contributed by atoms with Gasteiger partial charge in [0, 0.05) is 0 Å². The molecule has 0 aromatic heterocycles. The van der Waals surface area contributed by atoms with Crippen molar-refractivity contribution in [2.45, 2.75) is 6.42 Å². The normalized spacial score (nSPS) is 11.3. The van der Waals surface area contributed by atoms with E-state index in [4.69, 9.17) is 0 Å². The number of thiol groups is 1. The van der Waals surface area contributed by atoms with Crippen molar-refractivity contribution in [2.75, 3.05) is 11.9 Å². The molecular formula is C21H22PS+. The lowest BCUT2D eigenvalue weighted by molar-refractivity contribution is 1.12. The van der Waals surface area contributed by atoms with Crippen molar-refractivity contribution in [2.24, 2.45) is 0 Å². The lowest BCUT2D eigenvalue weighted by atomic mass is 10.4. The largest absolute Gasteiger partial charge is 0.179 e. The maximum Gasteiger partial charge on any atom is 0.112 e. The molecule has 0 bridgehead atoms. The Balaban J connectivity index is 2.25. The van der Waals surface area contributed by atoms with Gasteiger partial charge < -0.3 is 0 Å². The van der Waals surface area contributed by atoms with Gasteiger partial charge in [-0.05, 0) is 48.6 Å². The minimum atomic E-state index is -1.62. The van der Waals surface area contributed by atoms with E-state index in [0.717, 1.165) is 18.3 Å². The van der Waals surface area contributed by atoms with E-state index in [0.29, 0.717) is 0 Å². The first-order valence-corrected chi connectivity index (χ1v) is 10.6. The van der Waals surface area contributed by atoms with Gasteiger partial charge in [0.2, 0.25) is 0 Å². The van der Waals surface area contributed by atoms with E-state index in [2.05, 4.69) is 104 Å². The molecule has 0 N–H and O–H groups in total. The first-order valence-electron chi connectivity index (χ1n) is 8.04. The van der Waals surface area contributed by atoms with E-state index >= 15 is 0 Å². The molecule has 0 amide bonds. The van der Waals surface area contributed by atoms with Crippen molar-refractivity contribution in [3.05, 3.63) is 91.0 Å². The summed E-state index contributed by atoms with van der Waals surface area (Å²) in [5.74, 6) is 0.925. The third kappa shape index (κ3) is 3.37. The molecule has 0 fully saturated rings. The zero-order chi connectivity index (χ0) is 16.0. The summed E-state index contributed by atoms with van der Waals surface area (Å²) in [6, 6.07) is 33.1. The summed E-state index contributed by atoms with van der Waals surface area (Å²) in [4.78, 5) is 0. The van der Waals surface area contributed by atoms with Gasteiger partial charge in [0.25, 0.3) is 0 Å². The first kappa shape index (κ1) is 16.3. The van der Waals surface area contributed by atoms with Gasteiger partial charge in [-0.15, -0.1) is 0 Å². The van der Waals surface area contributed by atoms with E-state index in [-0.39, 0.29) is 0 Å². The highest BCUT2D eigenvalue weighted by Crippen LogP contribution is 2.55. The molecule has 0 heterocycles. The molecule has 0 aliphatic heterocycles. The predicted molar refractivity (Wildman–Crippen MR) is 108 cm³/mol. The number of hydrogen-bond acceptors (Lipinski definition) is 1. The van der Waals surface area contributed by atoms with Gasteiger partial charge in [0.1, 0.15) is 23.2 Å². The lowest BCUT2D eigenvalue weighted by Crippen LogP contribution is -2.33. The third-order valence-electron chi connectivity index (χ3n) is 4.24. The van der Waals surface area contributed by atoms with Crippen molar-refractivity contribution in [3.8, 4) is 0 Å². The summed E-state index contributed by atoms with van der Waals surface area (Å²) >= 11 is 4.49. The van der Waals surface area contributed by atoms with Crippen LogP contribution in [0.2, 0.25) is 0 Å². The van der Waals surface area contributed by atoms with Crippen LogP contribution in [-0.2, 0) is 0 Å². The van der Waals surface area contributed by atoms with E-state index in [9.17, 15) is 0 Å². The van der Waals surface area contributed by atoms with Gasteiger partial charge >= 0.3 is 0 Å². The third-order valence-corrected chi connectivity index (χ3v) is 9.08. The summed E-state index contributed by atoms with van der Waals surface area (Å²) in [6.45, 7) is 0. The maximum absolute atomic E-state index is 4.49. The molecule has 0 radical (unpaired) electrons. The molecule has 0 unspecified atom stereocenters. The van der Waals surface area contributed by atoms with E-state index in [1.54, 1.807) is 0 Å². The molecule has 0 saturated carbocycles. The van der Waals surface area contributed by atoms with Crippen LogP contribution in [0.15, 0.2) is 91.0 Å². The van der Waals surface area contributed by atoms with Crippen LogP contribution in [-0.4, -0.2) is 11.9 Å². The Morgan fingerprint density at radius 2 is 0.913 bits per heavy atom. The fourth-order valence-electron chi connectivity index (χ4n) is 3.19. The number of benzene rings is 3. The van der Waals surface area contributed by atoms with Gasteiger partial charge in [-0.25, -0.2) is 0 Å². The zero-order valence-corrected chi connectivity index (χ0v) is 15.0. The Kier molecular flexibility index (Phi) is 5.54. The molecule has 0 aliphatic rings. The van der Waals surface area contributed by atoms with Crippen molar-refractivity contribution >= 4 is 35.8 Å². The minimum absolute atomic E-state index is 0.925. The van der Waals surface area contributed by atoms with Crippen LogP contribution in [0.25, 0.3) is 0 Å². The van der Waals surface area contributed by atoms with Crippen LogP contribution < -0.4 is 15.9 Å². The summed E-state index contributed by atoms with van der Waals surface area (Å²) in [5.41, 5.74) is 0. The van der Waals surface area contributed by atoms with Crippen LogP contribution in [0.4, 0.5) is 0 Å². The fourth-order valence-corrected chi connectivity index (χ4v) is 7.94. The maximum atomic E-state index is 4.49. The summed E-state index contributed by atoms with van der Waals surface area (Å²) in [5, 5.41) is 4.37. The van der Waals surface area contributed by atoms with Crippen molar-refractivity contribution in [1.82, 2.24) is 0 Å². The second kappa shape index (κ2) is 7.81. The molecule has 116 valence electrons. The molecule has 0 aliphatic carbocycles. The Morgan fingerprint density at radius 1 is 0.565 bits per heavy atom. The Labute approximate surface area is 145 Å². The number of hydrogen-bond donors (Lipinski definition) is 1. The highest BCUT2D eigenvalue weighted by Gasteiger charge is 2.44. The SMILES string of the molecule is SCCC[P+](c1ccccc1)(c1ccccc1)c1ccccc1. The van der Waals surface area contributed by atoms with Crippen LogP contribution in [0, 0.1) is 0 Å². The van der Waals surface area contributed by atoms with Gasteiger partial charge in [-0.2, -0.15) is 12.6 Å². The average Bonchev–Trinajstić information content (AvgIpc) is 2.65. The van der Waals surface area contributed by atoms with Gasteiger partial charge in [0.15, 0.2) is 0 Å². The van der Waals surface area contributed by atoms with Crippen molar-refractivity contribution in [1.29, 1.82) is 0 Å².